The van der Waals surface area contributed by atoms with Gasteiger partial charge in [0.25, 0.3) is 0 Å². The highest BCUT2D eigenvalue weighted by atomic mass is 32.2. The quantitative estimate of drug-likeness (QED) is 0.682. The molecule has 0 heterocycles. The molecular weight excluding hydrogens is 223 g/mol. The van der Waals surface area contributed by atoms with Crippen LogP contribution < -0.4 is 0 Å². The highest BCUT2D eigenvalue weighted by Gasteiger charge is 2.49. The number of hydrogen-bond donors (Lipinski definition) is 0. The van der Waals surface area contributed by atoms with Crippen molar-refractivity contribution >= 4 is 15.8 Å². The van der Waals surface area contributed by atoms with Crippen LogP contribution >= 0.6 is 0 Å². The van der Waals surface area contributed by atoms with E-state index in [2.05, 4.69) is 4.74 Å². The minimum absolute atomic E-state index is 0.443. The van der Waals surface area contributed by atoms with Crippen LogP contribution in [0.3, 0.4) is 0 Å². The Morgan fingerprint density at radius 2 is 1.93 bits per heavy atom. The van der Waals surface area contributed by atoms with E-state index < -0.39 is 33.3 Å². The minimum Gasteiger partial charge on any atom is -0.460 e. The second-order valence-electron chi connectivity index (χ2n) is 3.48. The monoisotopic (exact) mass is 240 g/mol. The molecular formula is C9H17FO4S. The van der Waals surface area contributed by atoms with Gasteiger partial charge in [-0.25, -0.2) is 17.6 Å². The number of halogens is 1. The second kappa shape index (κ2) is 4.92. The van der Waals surface area contributed by atoms with Crippen LogP contribution in [-0.2, 0) is 19.4 Å². The molecule has 0 N–H and O–H groups in total. The first-order valence-electron chi connectivity index (χ1n) is 4.78. The Hall–Kier alpha value is -0.650. The Morgan fingerprint density at radius 3 is 2.20 bits per heavy atom. The molecule has 0 aromatic carbocycles. The number of rotatable bonds is 5. The summed E-state index contributed by atoms with van der Waals surface area (Å²) in [5.74, 6) is -1.32. The summed E-state index contributed by atoms with van der Waals surface area (Å²) in [7, 11) is -4.11. The molecule has 0 aromatic rings. The first kappa shape index (κ1) is 14.3. The molecule has 0 aliphatic carbocycles. The predicted molar refractivity (Wildman–Crippen MR) is 54.8 cm³/mol. The maximum Gasteiger partial charge on any atom is 0.360 e. The number of sulfone groups is 1. The van der Waals surface area contributed by atoms with E-state index in [1.54, 1.807) is 13.8 Å². The van der Waals surface area contributed by atoms with Crippen LogP contribution in [0.25, 0.3) is 0 Å². The summed E-state index contributed by atoms with van der Waals surface area (Å²) in [6, 6.07) is 0. The molecule has 0 bridgehead atoms. The number of hydrogen-bond acceptors (Lipinski definition) is 4. The maximum absolute atomic E-state index is 13.9. The highest BCUT2D eigenvalue weighted by molar-refractivity contribution is 7.92. The molecule has 0 amide bonds. The summed E-state index contributed by atoms with van der Waals surface area (Å²) in [6.07, 6.45) is 0.269. The zero-order valence-electron chi connectivity index (χ0n) is 9.41. The Kier molecular flexibility index (Phi) is 4.70. The zero-order chi connectivity index (χ0) is 12.3. The lowest BCUT2D eigenvalue weighted by Gasteiger charge is -2.22. The molecule has 0 spiro atoms. The van der Waals surface area contributed by atoms with Crippen molar-refractivity contribution < 1.29 is 22.3 Å². The van der Waals surface area contributed by atoms with Crippen LogP contribution in [0.15, 0.2) is 0 Å². The number of carbonyl (C=O) groups excluding carboxylic acids is 1. The Morgan fingerprint density at radius 1 is 1.47 bits per heavy atom. The van der Waals surface area contributed by atoms with Gasteiger partial charge in [-0.2, -0.15) is 0 Å². The van der Waals surface area contributed by atoms with Crippen LogP contribution in [0.4, 0.5) is 4.39 Å². The molecule has 90 valence electrons. The van der Waals surface area contributed by atoms with Gasteiger partial charge >= 0.3 is 11.0 Å². The first-order chi connectivity index (χ1) is 6.69. The van der Waals surface area contributed by atoms with E-state index in [-0.39, 0.29) is 0 Å². The smallest absolute Gasteiger partial charge is 0.360 e. The van der Waals surface area contributed by atoms with Crippen LogP contribution in [0.5, 0.6) is 0 Å². The zero-order valence-corrected chi connectivity index (χ0v) is 10.2. The lowest BCUT2D eigenvalue weighted by Crippen LogP contribution is -2.43. The summed E-state index contributed by atoms with van der Waals surface area (Å²) >= 11 is 0. The minimum atomic E-state index is -4.11. The number of carbonyl (C=O) groups is 1. The van der Waals surface area contributed by atoms with Crippen LogP contribution in [0, 0.1) is 0 Å². The van der Waals surface area contributed by atoms with Crippen molar-refractivity contribution in [3.63, 3.8) is 0 Å². The van der Waals surface area contributed by atoms with Gasteiger partial charge in [0.2, 0.25) is 0 Å². The standard InChI is InChI=1S/C9H17FO4S/c1-5-7(3)14-8(11)9(10,6-2)15(4,12)13/h7H,5-6H2,1-4H3. The van der Waals surface area contributed by atoms with Gasteiger partial charge in [-0.3, -0.25) is 0 Å². The van der Waals surface area contributed by atoms with Crippen LogP contribution in [-0.4, -0.2) is 31.7 Å². The SMILES string of the molecule is CCC(C)OC(=O)C(F)(CC)S(C)(=O)=O. The number of ether oxygens (including phenoxy) is 1. The summed E-state index contributed by atoms with van der Waals surface area (Å²) in [5.41, 5.74) is 0. The molecule has 0 saturated carbocycles. The van der Waals surface area contributed by atoms with Gasteiger partial charge in [0.15, 0.2) is 9.84 Å². The molecule has 0 fully saturated rings. The van der Waals surface area contributed by atoms with E-state index in [1.165, 1.54) is 6.92 Å². The molecule has 2 atom stereocenters. The molecule has 0 radical (unpaired) electrons. The van der Waals surface area contributed by atoms with E-state index in [0.29, 0.717) is 12.7 Å². The van der Waals surface area contributed by atoms with E-state index in [9.17, 15) is 17.6 Å². The fourth-order valence-corrected chi connectivity index (χ4v) is 1.79. The summed E-state index contributed by atoms with van der Waals surface area (Å²) in [4.78, 5) is 11.3. The summed E-state index contributed by atoms with van der Waals surface area (Å²) in [5, 5.41) is -2.92. The summed E-state index contributed by atoms with van der Waals surface area (Å²) < 4.78 is 40.8. The Balaban J connectivity index is 4.92. The van der Waals surface area contributed by atoms with E-state index in [0.717, 1.165) is 0 Å². The topological polar surface area (TPSA) is 60.4 Å². The molecule has 0 aliphatic heterocycles. The van der Waals surface area contributed by atoms with E-state index >= 15 is 0 Å². The molecule has 2 unspecified atom stereocenters. The molecule has 4 nitrogen and oxygen atoms in total. The van der Waals surface area contributed by atoms with Crippen molar-refractivity contribution in [2.75, 3.05) is 6.26 Å². The molecule has 0 rings (SSSR count). The van der Waals surface area contributed by atoms with E-state index in [1.807, 2.05) is 0 Å². The third-order valence-electron chi connectivity index (χ3n) is 2.23. The first-order valence-corrected chi connectivity index (χ1v) is 6.67. The Labute approximate surface area is 89.7 Å². The maximum atomic E-state index is 13.9. The van der Waals surface area contributed by atoms with Crippen LogP contribution in [0.2, 0.25) is 0 Å². The third kappa shape index (κ3) is 3.15. The van der Waals surface area contributed by atoms with Crippen molar-refractivity contribution in [1.29, 1.82) is 0 Å². The molecule has 0 aliphatic rings. The lowest BCUT2D eigenvalue weighted by molar-refractivity contribution is -0.157. The highest BCUT2D eigenvalue weighted by Crippen LogP contribution is 2.25. The van der Waals surface area contributed by atoms with Gasteiger partial charge in [-0.15, -0.1) is 0 Å². The van der Waals surface area contributed by atoms with Gasteiger partial charge in [0, 0.05) is 12.7 Å². The average Bonchev–Trinajstić information content (AvgIpc) is 2.14. The van der Waals surface area contributed by atoms with Gasteiger partial charge in [-0.05, 0) is 13.3 Å². The Bertz CT molecular complexity index is 325. The normalized spacial score (nSPS) is 17.9. The van der Waals surface area contributed by atoms with Crippen molar-refractivity contribution in [1.82, 2.24) is 0 Å². The van der Waals surface area contributed by atoms with Crippen molar-refractivity contribution in [2.45, 2.75) is 44.7 Å². The number of esters is 1. The fraction of sp³-hybridized carbons (Fsp3) is 0.889. The van der Waals surface area contributed by atoms with E-state index in [4.69, 9.17) is 0 Å². The van der Waals surface area contributed by atoms with Crippen LogP contribution in [0.1, 0.15) is 33.6 Å². The lowest BCUT2D eigenvalue weighted by atomic mass is 10.3. The van der Waals surface area contributed by atoms with Gasteiger partial charge in [0.1, 0.15) is 0 Å². The number of alkyl halides is 1. The fourth-order valence-electron chi connectivity index (χ4n) is 0.912. The van der Waals surface area contributed by atoms with Gasteiger partial charge < -0.3 is 4.74 Å². The predicted octanol–water partition coefficient (Wildman–Crippen LogP) is 1.45. The van der Waals surface area contributed by atoms with Gasteiger partial charge in [-0.1, -0.05) is 13.8 Å². The van der Waals surface area contributed by atoms with Gasteiger partial charge in [0.05, 0.1) is 6.10 Å². The molecule has 0 aromatic heterocycles. The molecule has 0 saturated heterocycles. The van der Waals surface area contributed by atoms with Crippen molar-refractivity contribution in [3.05, 3.63) is 0 Å². The molecule has 15 heavy (non-hydrogen) atoms. The molecule has 6 heteroatoms. The average molecular weight is 240 g/mol. The summed E-state index contributed by atoms with van der Waals surface area (Å²) in [6.45, 7) is 4.62. The van der Waals surface area contributed by atoms with Crippen molar-refractivity contribution in [3.8, 4) is 0 Å². The largest absolute Gasteiger partial charge is 0.460 e. The third-order valence-corrected chi connectivity index (χ3v) is 3.86. The second-order valence-corrected chi connectivity index (χ2v) is 5.67. The van der Waals surface area contributed by atoms with Crippen molar-refractivity contribution in [2.24, 2.45) is 0 Å².